The topological polar surface area (TPSA) is 69.0 Å². The summed E-state index contributed by atoms with van der Waals surface area (Å²) in [7, 11) is 0. The number of fused-ring (bicyclic) bond motifs is 1. The first-order valence-electron chi connectivity index (χ1n) is 7.73. The molecule has 1 aliphatic heterocycles. The van der Waals surface area contributed by atoms with Crippen LogP contribution in [0.5, 0.6) is 5.75 Å². The number of rotatable bonds is 6. The van der Waals surface area contributed by atoms with Crippen LogP contribution in [-0.4, -0.2) is 27.3 Å². The first-order chi connectivity index (χ1) is 11.1. The average molecular weight is 318 g/mol. The van der Waals surface area contributed by atoms with Crippen molar-refractivity contribution in [3.8, 4) is 5.75 Å². The molecular formula is C16H19FN4O2. The van der Waals surface area contributed by atoms with Crippen LogP contribution in [-0.2, 0) is 17.8 Å². The van der Waals surface area contributed by atoms with Gasteiger partial charge in [0.1, 0.15) is 17.4 Å². The molecule has 23 heavy (non-hydrogen) atoms. The molecule has 1 aliphatic rings. The summed E-state index contributed by atoms with van der Waals surface area (Å²) in [5, 5.41) is 11.2. The summed E-state index contributed by atoms with van der Waals surface area (Å²) in [5.41, 5.74) is 0. The summed E-state index contributed by atoms with van der Waals surface area (Å²) >= 11 is 0. The Morgan fingerprint density at radius 3 is 3.17 bits per heavy atom. The fourth-order valence-electron chi connectivity index (χ4n) is 2.69. The molecule has 6 nitrogen and oxygen atoms in total. The molecule has 1 atom stereocenters. The number of hydrogen-bond donors (Lipinski definition) is 1. The van der Waals surface area contributed by atoms with E-state index >= 15 is 0 Å². The van der Waals surface area contributed by atoms with Gasteiger partial charge in [-0.3, -0.25) is 4.79 Å². The van der Waals surface area contributed by atoms with Gasteiger partial charge in [0.05, 0.1) is 19.1 Å². The smallest absolute Gasteiger partial charge is 0.224 e. The fourth-order valence-corrected chi connectivity index (χ4v) is 2.69. The number of nitrogens with one attached hydrogen (secondary N) is 1. The Hall–Kier alpha value is -2.44. The molecule has 1 aromatic carbocycles. The molecular weight excluding hydrogens is 299 g/mol. The monoisotopic (exact) mass is 318 g/mol. The molecule has 1 amide bonds. The molecule has 3 rings (SSSR count). The van der Waals surface area contributed by atoms with Gasteiger partial charge in [-0.25, -0.2) is 4.39 Å². The summed E-state index contributed by atoms with van der Waals surface area (Å²) in [4.78, 5) is 12.0. The van der Waals surface area contributed by atoms with E-state index < -0.39 is 0 Å². The van der Waals surface area contributed by atoms with Crippen molar-refractivity contribution >= 4 is 5.91 Å². The molecule has 1 N–H and O–H groups in total. The van der Waals surface area contributed by atoms with E-state index in [1.54, 1.807) is 12.1 Å². The Labute approximate surface area is 133 Å². The number of halogens is 1. The van der Waals surface area contributed by atoms with E-state index in [2.05, 4.69) is 20.1 Å². The molecule has 0 unspecified atom stereocenters. The van der Waals surface area contributed by atoms with Gasteiger partial charge in [0.25, 0.3) is 0 Å². The van der Waals surface area contributed by atoms with E-state index in [4.69, 9.17) is 4.74 Å². The minimum Gasteiger partial charge on any atom is -0.493 e. The fraction of sp³-hybridized carbons (Fsp3) is 0.438. The van der Waals surface area contributed by atoms with E-state index in [0.717, 1.165) is 31.0 Å². The Kier molecular flexibility index (Phi) is 4.55. The number of hydrogen-bond acceptors (Lipinski definition) is 4. The van der Waals surface area contributed by atoms with Crippen molar-refractivity contribution in [1.82, 2.24) is 20.1 Å². The van der Waals surface area contributed by atoms with Gasteiger partial charge in [0.15, 0.2) is 5.82 Å². The molecule has 0 bridgehead atoms. The van der Waals surface area contributed by atoms with Crippen molar-refractivity contribution in [1.29, 1.82) is 0 Å². The van der Waals surface area contributed by atoms with Crippen LogP contribution in [0.4, 0.5) is 4.39 Å². The summed E-state index contributed by atoms with van der Waals surface area (Å²) in [5.74, 6) is 1.69. The van der Waals surface area contributed by atoms with Gasteiger partial charge in [0.2, 0.25) is 5.91 Å². The van der Waals surface area contributed by atoms with Crippen molar-refractivity contribution in [3.63, 3.8) is 0 Å². The van der Waals surface area contributed by atoms with E-state index in [1.807, 2.05) is 6.92 Å². The van der Waals surface area contributed by atoms with Crippen molar-refractivity contribution in [2.75, 3.05) is 6.61 Å². The zero-order valence-electron chi connectivity index (χ0n) is 13.0. The number of nitrogens with zero attached hydrogens (tertiary/aromatic N) is 3. The van der Waals surface area contributed by atoms with E-state index in [0.29, 0.717) is 5.75 Å². The molecule has 0 saturated carbocycles. The van der Waals surface area contributed by atoms with Gasteiger partial charge >= 0.3 is 0 Å². The first kappa shape index (κ1) is 15.5. The van der Waals surface area contributed by atoms with Crippen molar-refractivity contribution in [3.05, 3.63) is 41.7 Å². The molecule has 7 heteroatoms. The molecule has 2 aromatic rings. The second-order valence-corrected chi connectivity index (χ2v) is 5.57. The molecule has 0 radical (unpaired) electrons. The van der Waals surface area contributed by atoms with Gasteiger partial charge in [-0.2, -0.15) is 0 Å². The Morgan fingerprint density at radius 1 is 1.48 bits per heavy atom. The summed E-state index contributed by atoms with van der Waals surface area (Å²) in [6.45, 7) is 2.99. The molecule has 0 spiro atoms. The highest BCUT2D eigenvalue weighted by Gasteiger charge is 2.22. The molecule has 2 heterocycles. The number of aromatic nitrogens is 3. The molecule has 1 aromatic heterocycles. The van der Waals surface area contributed by atoms with Crippen molar-refractivity contribution in [2.24, 2.45) is 0 Å². The van der Waals surface area contributed by atoms with Crippen LogP contribution in [0.2, 0.25) is 0 Å². The molecule has 0 saturated heterocycles. The number of ether oxygens (including phenoxy) is 1. The minimum atomic E-state index is -0.360. The number of amides is 1. The van der Waals surface area contributed by atoms with Gasteiger partial charge in [-0.1, -0.05) is 6.07 Å². The van der Waals surface area contributed by atoms with Crippen LogP contribution in [0.15, 0.2) is 24.3 Å². The van der Waals surface area contributed by atoms with Gasteiger partial charge in [-0.15, -0.1) is 10.2 Å². The summed E-state index contributed by atoms with van der Waals surface area (Å²) in [6, 6.07) is 5.66. The lowest BCUT2D eigenvalue weighted by Gasteiger charge is -2.14. The summed E-state index contributed by atoms with van der Waals surface area (Å²) < 4.78 is 20.5. The van der Waals surface area contributed by atoms with Crippen LogP contribution in [0.3, 0.4) is 0 Å². The molecule has 122 valence electrons. The predicted octanol–water partition coefficient (Wildman–Crippen LogP) is 2.01. The maximum absolute atomic E-state index is 13.0. The number of benzene rings is 1. The maximum atomic E-state index is 13.0. The SMILES string of the molecule is C[C@H](NC(=O)CCOc1cccc(F)c1)c1nnc2n1CCC2. The highest BCUT2D eigenvalue weighted by atomic mass is 19.1. The maximum Gasteiger partial charge on any atom is 0.224 e. The lowest BCUT2D eigenvalue weighted by molar-refractivity contribution is -0.122. The third kappa shape index (κ3) is 3.67. The van der Waals surface area contributed by atoms with Crippen molar-refractivity contribution in [2.45, 2.75) is 38.8 Å². The average Bonchev–Trinajstić information content (AvgIpc) is 3.09. The van der Waals surface area contributed by atoms with Crippen LogP contribution in [0.1, 0.15) is 37.5 Å². The van der Waals surface area contributed by atoms with Crippen LogP contribution in [0, 0.1) is 5.82 Å². The molecule has 0 fully saturated rings. The number of carbonyl (C=O) groups is 1. The first-order valence-corrected chi connectivity index (χ1v) is 7.73. The quantitative estimate of drug-likeness (QED) is 0.884. The Morgan fingerprint density at radius 2 is 2.35 bits per heavy atom. The lowest BCUT2D eigenvalue weighted by atomic mass is 10.3. The second kappa shape index (κ2) is 6.76. The van der Waals surface area contributed by atoms with Crippen LogP contribution < -0.4 is 10.1 Å². The molecule has 0 aliphatic carbocycles. The van der Waals surface area contributed by atoms with Crippen LogP contribution >= 0.6 is 0 Å². The van der Waals surface area contributed by atoms with Crippen LogP contribution in [0.25, 0.3) is 0 Å². The Balaban J connectivity index is 1.47. The zero-order valence-corrected chi connectivity index (χ0v) is 13.0. The van der Waals surface area contributed by atoms with E-state index in [1.165, 1.54) is 12.1 Å². The largest absolute Gasteiger partial charge is 0.493 e. The number of carbonyl (C=O) groups excluding carboxylic acids is 1. The zero-order chi connectivity index (χ0) is 16.2. The number of aryl methyl sites for hydroxylation is 1. The van der Waals surface area contributed by atoms with E-state index in [9.17, 15) is 9.18 Å². The standard InChI is InChI=1S/C16H19FN4O2/c1-11(16-20-19-14-6-3-8-21(14)16)18-15(22)7-9-23-13-5-2-4-12(17)10-13/h2,4-5,10-11H,3,6-9H2,1H3,(H,18,22)/t11-/m0/s1. The third-order valence-corrected chi connectivity index (χ3v) is 3.80. The lowest BCUT2D eigenvalue weighted by Crippen LogP contribution is -2.29. The van der Waals surface area contributed by atoms with Crippen molar-refractivity contribution < 1.29 is 13.9 Å². The van der Waals surface area contributed by atoms with Gasteiger partial charge in [-0.05, 0) is 25.5 Å². The Bertz CT molecular complexity index is 701. The van der Waals surface area contributed by atoms with Gasteiger partial charge in [0, 0.05) is 19.0 Å². The van der Waals surface area contributed by atoms with E-state index in [-0.39, 0.29) is 30.8 Å². The normalized spacial score (nSPS) is 14.3. The van der Waals surface area contributed by atoms with Gasteiger partial charge < -0.3 is 14.6 Å². The highest BCUT2D eigenvalue weighted by Crippen LogP contribution is 2.19. The highest BCUT2D eigenvalue weighted by molar-refractivity contribution is 5.76. The predicted molar refractivity (Wildman–Crippen MR) is 81.4 cm³/mol. The minimum absolute atomic E-state index is 0.135. The second-order valence-electron chi connectivity index (χ2n) is 5.57. The summed E-state index contributed by atoms with van der Waals surface area (Å²) in [6.07, 6.45) is 2.21. The third-order valence-electron chi connectivity index (χ3n) is 3.80.